The minimum Gasteiger partial charge on any atom is -0.504 e. The van der Waals surface area contributed by atoms with Crippen LogP contribution in [-0.4, -0.2) is 52.7 Å². The van der Waals surface area contributed by atoms with E-state index in [1.54, 1.807) is 6.07 Å². The number of amides is 1. The third-order valence-electron chi connectivity index (χ3n) is 3.46. The van der Waals surface area contributed by atoms with Gasteiger partial charge in [-0.3, -0.25) is 9.59 Å². The highest BCUT2D eigenvalue weighted by Crippen LogP contribution is 2.31. The molecule has 0 radical (unpaired) electrons. The van der Waals surface area contributed by atoms with Gasteiger partial charge in [0.2, 0.25) is 0 Å². The summed E-state index contributed by atoms with van der Waals surface area (Å²) in [5.74, 6) is -1.67. The SMILES string of the molecule is COc1cccc(C(=O)N2CCC(N)(C(=O)O)C2)c1O. The van der Waals surface area contributed by atoms with Gasteiger partial charge in [0.05, 0.1) is 12.7 Å². The quantitative estimate of drug-likeness (QED) is 0.720. The number of ether oxygens (including phenoxy) is 1. The molecule has 108 valence electrons. The van der Waals surface area contributed by atoms with E-state index in [0.717, 1.165) is 0 Å². The van der Waals surface area contributed by atoms with E-state index in [-0.39, 0.29) is 36.6 Å². The lowest BCUT2D eigenvalue weighted by molar-refractivity contribution is -0.142. The van der Waals surface area contributed by atoms with Crippen molar-refractivity contribution in [2.24, 2.45) is 5.73 Å². The number of likely N-dealkylation sites (tertiary alicyclic amines) is 1. The van der Waals surface area contributed by atoms with E-state index in [1.807, 2.05) is 0 Å². The van der Waals surface area contributed by atoms with E-state index in [1.165, 1.54) is 24.1 Å². The number of para-hydroxylation sites is 1. The van der Waals surface area contributed by atoms with Crippen molar-refractivity contribution in [3.63, 3.8) is 0 Å². The third kappa shape index (κ3) is 2.27. The molecular weight excluding hydrogens is 264 g/mol. The Morgan fingerprint density at radius 2 is 2.15 bits per heavy atom. The van der Waals surface area contributed by atoms with Gasteiger partial charge in [0.15, 0.2) is 11.5 Å². The van der Waals surface area contributed by atoms with E-state index in [4.69, 9.17) is 15.6 Å². The minimum atomic E-state index is -1.43. The first-order valence-electron chi connectivity index (χ1n) is 6.06. The van der Waals surface area contributed by atoms with Gasteiger partial charge in [-0.1, -0.05) is 6.07 Å². The first kappa shape index (κ1) is 14.1. The highest BCUT2D eigenvalue weighted by atomic mass is 16.5. The summed E-state index contributed by atoms with van der Waals surface area (Å²) in [5, 5.41) is 19.0. The molecule has 1 heterocycles. The highest BCUT2D eigenvalue weighted by Gasteiger charge is 2.43. The van der Waals surface area contributed by atoms with Crippen LogP contribution in [0.4, 0.5) is 0 Å². The molecule has 1 aliphatic heterocycles. The number of aliphatic carboxylic acids is 1. The monoisotopic (exact) mass is 280 g/mol. The Labute approximate surface area is 115 Å². The van der Waals surface area contributed by atoms with E-state index < -0.39 is 17.4 Å². The molecule has 0 saturated carbocycles. The number of benzene rings is 1. The number of hydrogen-bond acceptors (Lipinski definition) is 5. The Morgan fingerprint density at radius 1 is 1.45 bits per heavy atom. The van der Waals surface area contributed by atoms with Crippen LogP contribution < -0.4 is 10.5 Å². The molecule has 1 saturated heterocycles. The van der Waals surface area contributed by atoms with Crippen molar-refractivity contribution in [2.45, 2.75) is 12.0 Å². The second kappa shape index (κ2) is 5.01. The van der Waals surface area contributed by atoms with E-state index in [2.05, 4.69) is 0 Å². The van der Waals surface area contributed by atoms with Crippen LogP contribution in [-0.2, 0) is 4.79 Å². The van der Waals surface area contributed by atoms with Crippen LogP contribution in [0.1, 0.15) is 16.8 Å². The van der Waals surface area contributed by atoms with Gasteiger partial charge in [-0.15, -0.1) is 0 Å². The smallest absolute Gasteiger partial charge is 0.325 e. The number of phenolic OH excluding ortho intramolecular Hbond substituents is 1. The number of nitrogens with two attached hydrogens (primary N) is 1. The van der Waals surface area contributed by atoms with Gasteiger partial charge in [0.25, 0.3) is 5.91 Å². The number of nitrogens with zero attached hydrogens (tertiary/aromatic N) is 1. The second-order valence-corrected chi connectivity index (χ2v) is 4.79. The van der Waals surface area contributed by atoms with Crippen LogP contribution in [0.5, 0.6) is 11.5 Å². The van der Waals surface area contributed by atoms with Crippen molar-refractivity contribution in [2.75, 3.05) is 20.2 Å². The number of carbonyl (C=O) groups excluding carboxylic acids is 1. The first-order chi connectivity index (χ1) is 9.39. The van der Waals surface area contributed by atoms with E-state index in [9.17, 15) is 14.7 Å². The summed E-state index contributed by atoms with van der Waals surface area (Å²) in [6, 6.07) is 4.56. The van der Waals surface area contributed by atoms with Crippen LogP contribution in [0, 0.1) is 0 Å². The summed E-state index contributed by atoms with van der Waals surface area (Å²) < 4.78 is 4.94. The van der Waals surface area contributed by atoms with Crippen molar-refractivity contribution < 1.29 is 24.5 Å². The van der Waals surface area contributed by atoms with Crippen LogP contribution in [0.3, 0.4) is 0 Å². The molecule has 4 N–H and O–H groups in total. The molecule has 1 unspecified atom stereocenters. The Bertz CT molecular complexity index is 560. The number of rotatable bonds is 3. The van der Waals surface area contributed by atoms with Crippen molar-refractivity contribution in [3.8, 4) is 11.5 Å². The zero-order valence-corrected chi connectivity index (χ0v) is 11.0. The number of carboxylic acid groups (broad SMARTS) is 1. The largest absolute Gasteiger partial charge is 0.504 e. The summed E-state index contributed by atoms with van der Waals surface area (Å²) in [7, 11) is 1.38. The lowest BCUT2D eigenvalue weighted by Crippen LogP contribution is -2.50. The van der Waals surface area contributed by atoms with Crippen molar-refractivity contribution >= 4 is 11.9 Å². The normalized spacial score (nSPS) is 21.8. The maximum atomic E-state index is 12.3. The average Bonchev–Trinajstić information content (AvgIpc) is 2.82. The van der Waals surface area contributed by atoms with Crippen LogP contribution in [0.2, 0.25) is 0 Å². The first-order valence-corrected chi connectivity index (χ1v) is 6.06. The molecule has 1 aromatic rings. The van der Waals surface area contributed by atoms with Gasteiger partial charge in [-0.25, -0.2) is 0 Å². The Morgan fingerprint density at radius 3 is 2.70 bits per heavy atom. The summed E-state index contributed by atoms with van der Waals surface area (Å²) in [5.41, 5.74) is 4.36. The lowest BCUT2D eigenvalue weighted by atomic mass is 10.0. The van der Waals surface area contributed by atoms with Crippen molar-refractivity contribution in [1.82, 2.24) is 4.90 Å². The van der Waals surface area contributed by atoms with Gasteiger partial charge >= 0.3 is 5.97 Å². The molecule has 20 heavy (non-hydrogen) atoms. The van der Waals surface area contributed by atoms with Gasteiger partial charge in [-0.2, -0.15) is 0 Å². The van der Waals surface area contributed by atoms with Crippen LogP contribution >= 0.6 is 0 Å². The Kier molecular flexibility index (Phi) is 3.54. The molecule has 1 aromatic carbocycles. The second-order valence-electron chi connectivity index (χ2n) is 4.79. The predicted octanol–water partition coefficient (Wildman–Crippen LogP) is 0.0288. The summed E-state index contributed by atoms with van der Waals surface area (Å²) in [6.45, 7) is 0.149. The maximum Gasteiger partial charge on any atom is 0.325 e. The fourth-order valence-electron chi connectivity index (χ4n) is 2.21. The lowest BCUT2D eigenvalue weighted by Gasteiger charge is -2.20. The van der Waals surface area contributed by atoms with E-state index >= 15 is 0 Å². The predicted molar refractivity (Wildman–Crippen MR) is 69.7 cm³/mol. The van der Waals surface area contributed by atoms with Gasteiger partial charge < -0.3 is 25.6 Å². The zero-order valence-electron chi connectivity index (χ0n) is 11.0. The number of aromatic hydroxyl groups is 1. The average molecular weight is 280 g/mol. The maximum absolute atomic E-state index is 12.3. The minimum absolute atomic E-state index is 0.0685. The summed E-state index contributed by atoms with van der Waals surface area (Å²) >= 11 is 0. The summed E-state index contributed by atoms with van der Waals surface area (Å²) in [6.07, 6.45) is 0.179. The molecular formula is C13H16N2O5. The highest BCUT2D eigenvalue weighted by molar-refractivity contribution is 5.98. The van der Waals surface area contributed by atoms with Crippen molar-refractivity contribution in [3.05, 3.63) is 23.8 Å². The molecule has 0 spiro atoms. The fraction of sp³-hybridized carbons (Fsp3) is 0.385. The molecule has 0 aliphatic carbocycles. The molecule has 1 amide bonds. The topological polar surface area (TPSA) is 113 Å². The summed E-state index contributed by atoms with van der Waals surface area (Å²) in [4.78, 5) is 24.7. The molecule has 7 nitrogen and oxygen atoms in total. The molecule has 0 aromatic heterocycles. The zero-order chi connectivity index (χ0) is 14.9. The Hall–Kier alpha value is -2.28. The molecule has 1 fully saturated rings. The molecule has 2 rings (SSSR count). The molecule has 1 atom stereocenters. The standard InChI is InChI=1S/C13H16N2O5/c1-20-9-4-2-3-8(10(9)16)11(17)15-6-5-13(14,7-15)12(18)19/h2-4,16H,5-7,14H2,1H3,(H,18,19). The third-order valence-corrected chi connectivity index (χ3v) is 3.46. The number of methoxy groups -OCH3 is 1. The Balaban J connectivity index is 2.24. The van der Waals surface area contributed by atoms with Crippen LogP contribution in [0.15, 0.2) is 18.2 Å². The van der Waals surface area contributed by atoms with Gasteiger partial charge in [-0.05, 0) is 18.6 Å². The van der Waals surface area contributed by atoms with Gasteiger partial charge in [0, 0.05) is 13.1 Å². The molecule has 1 aliphatic rings. The number of phenols is 1. The molecule has 7 heteroatoms. The van der Waals surface area contributed by atoms with Crippen LogP contribution in [0.25, 0.3) is 0 Å². The molecule has 0 bridgehead atoms. The fourth-order valence-corrected chi connectivity index (χ4v) is 2.21. The van der Waals surface area contributed by atoms with Crippen molar-refractivity contribution in [1.29, 1.82) is 0 Å². The van der Waals surface area contributed by atoms with Gasteiger partial charge in [0.1, 0.15) is 5.54 Å². The number of hydrogen-bond donors (Lipinski definition) is 3. The number of carboxylic acids is 1. The number of carbonyl (C=O) groups is 2. The van der Waals surface area contributed by atoms with E-state index in [0.29, 0.717) is 0 Å².